The maximum absolute atomic E-state index is 9.98. The fourth-order valence-electron chi connectivity index (χ4n) is 3.17. The summed E-state index contributed by atoms with van der Waals surface area (Å²) < 4.78 is 1.85. The number of benzene rings is 1. The predicted octanol–water partition coefficient (Wildman–Crippen LogP) is 1.83. The lowest BCUT2D eigenvalue weighted by Gasteiger charge is -2.42. The van der Waals surface area contributed by atoms with Crippen molar-refractivity contribution in [2.75, 3.05) is 0 Å². The van der Waals surface area contributed by atoms with Crippen LogP contribution in [0.4, 0.5) is 0 Å². The van der Waals surface area contributed by atoms with Crippen molar-refractivity contribution in [2.24, 2.45) is 0 Å². The molecule has 0 bridgehead atoms. The molecule has 1 aliphatic carbocycles. The van der Waals surface area contributed by atoms with E-state index < -0.39 is 0 Å². The van der Waals surface area contributed by atoms with Gasteiger partial charge in [0.15, 0.2) is 0 Å². The molecule has 1 saturated carbocycles. The van der Waals surface area contributed by atoms with Crippen molar-refractivity contribution in [1.82, 2.24) is 20.1 Å². The number of nitrogens with one attached hydrogen (secondary N) is 2. The van der Waals surface area contributed by atoms with Crippen LogP contribution in [0.1, 0.15) is 18.0 Å². The van der Waals surface area contributed by atoms with Crippen molar-refractivity contribution in [2.45, 2.75) is 31.2 Å². The molecule has 1 fully saturated rings. The Kier molecular flexibility index (Phi) is 3.02. The number of rotatable bonds is 4. The van der Waals surface area contributed by atoms with E-state index in [1.54, 1.807) is 6.20 Å². The minimum Gasteiger partial charge on any atom is -0.391 e. The largest absolute Gasteiger partial charge is 0.391 e. The van der Waals surface area contributed by atoms with Gasteiger partial charge in [-0.3, -0.25) is 4.68 Å². The third-order valence-corrected chi connectivity index (χ3v) is 4.36. The summed E-state index contributed by atoms with van der Waals surface area (Å²) in [6, 6.07) is 10.6. The maximum atomic E-state index is 9.98. The van der Waals surface area contributed by atoms with Crippen LogP contribution >= 0.6 is 0 Å². The SMILES string of the molecule is O[C@@H]1C[C@H](NCc2cccc3cc[nH]c23)[C@H]1n1cccn1. The summed E-state index contributed by atoms with van der Waals surface area (Å²) in [4.78, 5) is 3.29. The molecule has 0 unspecified atom stereocenters. The number of fused-ring (bicyclic) bond motifs is 1. The number of nitrogens with zero attached hydrogens (tertiary/aromatic N) is 2. The molecule has 2 heterocycles. The molecule has 0 amide bonds. The van der Waals surface area contributed by atoms with Gasteiger partial charge in [-0.1, -0.05) is 18.2 Å². The van der Waals surface area contributed by atoms with Crippen LogP contribution in [0.5, 0.6) is 0 Å². The summed E-state index contributed by atoms with van der Waals surface area (Å²) in [5.41, 5.74) is 2.43. The highest BCUT2D eigenvalue weighted by Crippen LogP contribution is 2.32. The van der Waals surface area contributed by atoms with Gasteiger partial charge < -0.3 is 15.4 Å². The van der Waals surface area contributed by atoms with E-state index in [1.807, 2.05) is 23.1 Å². The zero-order valence-corrected chi connectivity index (χ0v) is 11.6. The monoisotopic (exact) mass is 282 g/mol. The van der Waals surface area contributed by atoms with Gasteiger partial charge in [0.2, 0.25) is 0 Å². The summed E-state index contributed by atoms with van der Waals surface area (Å²) in [6.07, 6.45) is 6.08. The molecule has 0 radical (unpaired) electrons. The van der Waals surface area contributed by atoms with Crippen LogP contribution < -0.4 is 5.32 Å². The second-order valence-electron chi connectivity index (χ2n) is 5.63. The molecule has 0 aliphatic heterocycles. The fraction of sp³-hybridized carbons (Fsp3) is 0.312. The van der Waals surface area contributed by atoms with Gasteiger partial charge in [-0.25, -0.2) is 0 Å². The van der Waals surface area contributed by atoms with Gasteiger partial charge in [-0.05, 0) is 29.5 Å². The Morgan fingerprint density at radius 3 is 3.10 bits per heavy atom. The van der Waals surface area contributed by atoms with E-state index in [4.69, 9.17) is 0 Å². The lowest BCUT2D eigenvalue weighted by molar-refractivity contribution is -0.00818. The van der Waals surface area contributed by atoms with Crippen molar-refractivity contribution in [3.8, 4) is 0 Å². The molecule has 2 aromatic heterocycles. The highest BCUT2D eigenvalue weighted by Gasteiger charge is 2.41. The number of H-pyrrole nitrogens is 1. The molecule has 0 saturated heterocycles. The Morgan fingerprint density at radius 1 is 1.33 bits per heavy atom. The van der Waals surface area contributed by atoms with Crippen LogP contribution in [0.25, 0.3) is 10.9 Å². The minimum atomic E-state index is -0.316. The predicted molar refractivity (Wildman–Crippen MR) is 80.8 cm³/mol. The van der Waals surface area contributed by atoms with E-state index in [0.717, 1.165) is 13.0 Å². The molecule has 0 spiro atoms. The number of aliphatic hydroxyl groups excluding tert-OH is 1. The van der Waals surface area contributed by atoms with Crippen LogP contribution in [0.15, 0.2) is 48.9 Å². The van der Waals surface area contributed by atoms with Gasteiger partial charge in [-0.15, -0.1) is 0 Å². The zero-order valence-electron chi connectivity index (χ0n) is 11.6. The average Bonchev–Trinajstić information content (AvgIpc) is 3.14. The Balaban J connectivity index is 1.49. The van der Waals surface area contributed by atoms with Crippen LogP contribution in [0.2, 0.25) is 0 Å². The second kappa shape index (κ2) is 5.02. The first-order chi connectivity index (χ1) is 10.3. The molecule has 3 aromatic rings. The molecule has 108 valence electrons. The smallest absolute Gasteiger partial charge is 0.0932 e. The maximum Gasteiger partial charge on any atom is 0.0932 e. The number of aromatic nitrogens is 3. The third-order valence-electron chi connectivity index (χ3n) is 4.36. The molecule has 3 N–H and O–H groups in total. The highest BCUT2D eigenvalue weighted by atomic mass is 16.3. The van der Waals surface area contributed by atoms with Crippen LogP contribution in [-0.4, -0.2) is 32.0 Å². The van der Waals surface area contributed by atoms with E-state index in [9.17, 15) is 5.11 Å². The number of hydrogen-bond donors (Lipinski definition) is 3. The van der Waals surface area contributed by atoms with Crippen LogP contribution in [0, 0.1) is 0 Å². The first-order valence-electron chi connectivity index (χ1n) is 7.28. The zero-order chi connectivity index (χ0) is 14.2. The molecule has 5 heteroatoms. The summed E-state index contributed by atoms with van der Waals surface area (Å²) in [6.45, 7) is 0.785. The van der Waals surface area contributed by atoms with E-state index in [-0.39, 0.29) is 18.2 Å². The van der Waals surface area contributed by atoms with Crippen molar-refractivity contribution in [3.05, 3.63) is 54.5 Å². The summed E-state index contributed by atoms with van der Waals surface area (Å²) in [5, 5.41) is 19.0. The number of hydrogen-bond acceptors (Lipinski definition) is 3. The number of aromatic amines is 1. The average molecular weight is 282 g/mol. The van der Waals surface area contributed by atoms with E-state index in [0.29, 0.717) is 0 Å². The molecular formula is C16H18N4O. The lowest BCUT2D eigenvalue weighted by atomic mass is 9.83. The van der Waals surface area contributed by atoms with Gasteiger partial charge >= 0.3 is 0 Å². The Morgan fingerprint density at radius 2 is 2.29 bits per heavy atom. The fourth-order valence-corrected chi connectivity index (χ4v) is 3.17. The van der Waals surface area contributed by atoms with Gasteiger partial charge in [-0.2, -0.15) is 5.10 Å². The summed E-state index contributed by atoms with van der Waals surface area (Å²) >= 11 is 0. The third kappa shape index (κ3) is 2.14. The Hall–Kier alpha value is -2.11. The summed E-state index contributed by atoms with van der Waals surface area (Å²) in [5.74, 6) is 0. The first-order valence-corrected chi connectivity index (χ1v) is 7.28. The molecule has 1 aliphatic rings. The van der Waals surface area contributed by atoms with Crippen molar-refractivity contribution >= 4 is 10.9 Å². The number of para-hydroxylation sites is 1. The molecule has 21 heavy (non-hydrogen) atoms. The summed E-state index contributed by atoms with van der Waals surface area (Å²) in [7, 11) is 0. The molecule has 3 atom stereocenters. The second-order valence-corrected chi connectivity index (χ2v) is 5.63. The quantitative estimate of drug-likeness (QED) is 0.684. The molecule has 1 aromatic carbocycles. The van der Waals surface area contributed by atoms with Gasteiger partial charge in [0.1, 0.15) is 0 Å². The molecular weight excluding hydrogens is 264 g/mol. The van der Waals surface area contributed by atoms with Gasteiger partial charge in [0.05, 0.1) is 12.1 Å². The van der Waals surface area contributed by atoms with Crippen molar-refractivity contribution < 1.29 is 5.11 Å². The van der Waals surface area contributed by atoms with E-state index >= 15 is 0 Å². The minimum absolute atomic E-state index is 0.0304. The van der Waals surface area contributed by atoms with Crippen molar-refractivity contribution in [3.63, 3.8) is 0 Å². The normalized spacial score (nSPS) is 25.1. The van der Waals surface area contributed by atoms with Crippen LogP contribution in [0.3, 0.4) is 0 Å². The Labute approximate surface area is 122 Å². The van der Waals surface area contributed by atoms with E-state index in [2.05, 4.69) is 39.7 Å². The highest BCUT2D eigenvalue weighted by molar-refractivity contribution is 5.82. The van der Waals surface area contributed by atoms with Crippen LogP contribution in [-0.2, 0) is 6.54 Å². The molecule has 5 nitrogen and oxygen atoms in total. The topological polar surface area (TPSA) is 65.9 Å². The van der Waals surface area contributed by atoms with Gasteiger partial charge in [0, 0.05) is 36.7 Å². The van der Waals surface area contributed by atoms with E-state index in [1.165, 1.54) is 16.5 Å². The number of aliphatic hydroxyl groups is 1. The standard InChI is InChI=1S/C16H18N4O/c21-14-9-13(16(14)20-8-2-6-19-20)18-10-12-4-1-3-11-5-7-17-15(11)12/h1-8,13-14,16-18,21H,9-10H2/t13-,14+,16+/m0/s1. The van der Waals surface area contributed by atoms with Crippen molar-refractivity contribution in [1.29, 1.82) is 0 Å². The first kappa shape index (κ1) is 12.6. The molecule has 4 rings (SSSR count). The lowest BCUT2D eigenvalue weighted by Crippen LogP contribution is -2.54. The van der Waals surface area contributed by atoms with Gasteiger partial charge in [0.25, 0.3) is 0 Å². The Bertz CT molecular complexity index is 734.